The molecule has 3 rings (SSSR count). The van der Waals surface area contributed by atoms with E-state index in [1.807, 2.05) is 6.92 Å². The van der Waals surface area contributed by atoms with Gasteiger partial charge in [0.15, 0.2) is 0 Å². The maximum Gasteiger partial charge on any atom is 0.122 e. The molecule has 4 heteroatoms. The highest BCUT2D eigenvalue weighted by molar-refractivity contribution is 5.14. The molecule has 0 aromatic heterocycles. The molecule has 3 aliphatic rings. The van der Waals surface area contributed by atoms with Crippen LogP contribution >= 0.6 is 0 Å². The Morgan fingerprint density at radius 3 is 2.19 bits per heavy atom. The molecule has 92 valence electrons. The fourth-order valence-electron chi connectivity index (χ4n) is 3.65. The molecular formula is C12H21NO3. The lowest BCUT2D eigenvalue weighted by Gasteiger charge is -2.37. The first-order valence-corrected chi connectivity index (χ1v) is 6.21. The molecule has 0 aliphatic carbocycles. The van der Waals surface area contributed by atoms with Gasteiger partial charge in [0.2, 0.25) is 0 Å². The van der Waals surface area contributed by atoms with Gasteiger partial charge in [-0.15, -0.1) is 0 Å². The molecule has 0 bridgehead atoms. The van der Waals surface area contributed by atoms with Gasteiger partial charge in [-0.05, 0) is 33.6 Å². The van der Waals surface area contributed by atoms with E-state index in [0.29, 0.717) is 6.61 Å². The topological polar surface area (TPSA) is 30.9 Å². The minimum absolute atomic E-state index is 0.0456. The van der Waals surface area contributed by atoms with E-state index in [1.54, 1.807) is 0 Å². The number of rotatable bonds is 3. The average Bonchev–Trinajstić information content (AvgIpc) is 2.82. The van der Waals surface area contributed by atoms with E-state index >= 15 is 0 Å². The van der Waals surface area contributed by atoms with Gasteiger partial charge in [0.1, 0.15) is 11.4 Å². The van der Waals surface area contributed by atoms with Gasteiger partial charge in [-0.25, -0.2) is 4.90 Å². The Bertz CT molecular complexity index is 287. The first-order valence-electron chi connectivity index (χ1n) is 6.21. The minimum atomic E-state index is -0.137. The van der Waals surface area contributed by atoms with Crippen LogP contribution in [0, 0.1) is 0 Å². The van der Waals surface area contributed by atoms with Crippen molar-refractivity contribution in [3.05, 3.63) is 0 Å². The quantitative estimate of drug-likeness (QED) is 0.728. The third-order valence-electron chi connectivity index (χ3n) is 4.35. The first kappa shape index (κ1) is 11.0. The van der Waals surface area contributed by atoms with Crippen molar-refractivity contribution in [1.29, 1.82) is 0 Å². The molecule has 0 N–H and O–H groups in total. The number of ether oxygens (including phenoxy) is 3. The number of hydrogen-bond acceptors (Lipinski definition) is 4. The Balaban J connectivity index is 1.92. The molecule has 0 amide bonds. The molecular weight excluding hydrogens is 206 g/mol. The summed E-state index contributed by atoms with van der Waals surface area (Å²) < 4.78 is 17.7. The zero-order chi connectivity index (χ0) is 11.4. The molecule has 4 nitrogen and oxygen atoms in total. The van der Waals surface area contributed by atoms with Gasteiger partial charge in [0.25, 0.3) is 0 Å². The van der Waals surface area contributed by atoms with Gasteiger partial charge in [-0.1, -0.05) is 0 Å². The summed E-state index contributed by atoms with van der Waals surface area (Å²) in [4.78, 5) is 2.43. The summed E-state index contributed by atoms with van der Waals surface area (Å²) in [6.07, 6.45) is 2.11. The summed E-state index contributed by atoms with van der Waals surface area (Å²) in [5, 5.41) is 0. The Labute approximate surface area is 96.8 Å². The van der Waals surface area contributed by atoms with Crippen LogP contribution in [0.4, 0.5) is 0 Å². The third kappa shape index (κ3) is 1.19. The normalized spacial score (nSPS) is 51.2. The molecule has 3 saturated heterocycles. The van der Waals surface area contributed by atoms with Crippen LogP contribution in [0.3, 0.4) is 0 Å². The van der Waals surface area contributed by atoms with E-state index in [-0.39, 0.29) is 17.0 Å². The second-order valence-electron chi connectivity index (χ2n) is 5.62. The van der Waals surface area contributed by atoms with Crippen molar-refractivity contribution >= 4 is 0 Å². The number of hydrogen-bond donors (Lipinski definition) is 0. The molecule has 3 heterocycles. The zero-order valence-corrected chi connectivity index (χ0v) is 10.4. The number of nitrogens with zero attached hydrogens (tertiary/aromatic N) is 1. The van der Waals surface area contributed by atoms with Crippen LogP contribution in [0.25, 0.3) is 0 Å². The van der Waals surface area contributed by atoms with Gasteiger partial charge < -0.3 is 14.2 Å². The molecule has 3 aliphatic heterocycles. The third-order valence-corrected chi connectivity index (χ3v) is 4.35. The maximum absolute atomic E-state index is 6.03. The highest BCUT2D eigenvalue weighted by Crippen LogP contribution is 2.55. The van der Waals surface area contributed by atoms with Crippen molar-refractivity contribution in [1.82, 2.24) is 4.90 Å². The molecule has 0 radical (unpaired) electrons. The molecule has 16 heavy (non-hydrogen) atoms. The second kappa shape index (κ2) is 3.19. The smallest absolute Gasteiger partial charge is 0.122 e. The van der Waals surface area contributed by atoms with Crippen LogP contribution in [0.2, 0.25) is 0 Å². The van der Waals surface area contributed by atoms with Gasteiger partial charge in [0.05, 0.1) is 25.4 Å². The summed E-state index contributed by atoms with van der Waals surface area (Å²) in [5.74, 6) is 0. The Kier molecular flexibility index (Phi) is 2.19. The summed E-state index contributed by atoms with van der Waals surface area (Å²) in [6.45, 7) is 9.34. The Hall–Kier alpha value is -0.160. The van der Waals surface area contributed by atoms with E-state index in [2.05, 4.69) is 18.7 Å². The Morgan fingerprint density at radius 1 is 1.12 bits per heavy atom. The predicted octanol–water partition coefficient (Wildman–Crippen LogP) is 1.35. The summed E-state index contributed by atoms with van der Waals surface area (Å²) in [5.41, 5.74) is -0.319. The summed E-state index contributed by atoms with van der Waals surface area (Å²) in [7, 11) is 0. The summed E-state index contributed by atoms with van der Waals surface area (Å²) >= 11 is 0. The van der Waals surface area contributed by atoms with Crippen molar-refractivity contribution < 1.29 is 14.2 Å². The van der Waals surface area contributed by atoms with E-state index in [0.717, 1.165) is 32.7 Å². The van der Waals surface area contributed by atoms with E-state index in [1.165, 1.54) is 0 Å². The monoisotopic (exact) mass is 227 g/mol. The van der Waals surface area contributed by atoms with Gasteiger partial charge in [-0.3, -0.25) is 0 Å². The van der Waals surface area contributed by atoms with Crippen LogP contribution in [-0.4, -0.2) is 48.3 Å². The van der Waals surface area contributed by atoms with Crippen LogP contribution in [-0.2, 0) is 14.2 Å². The fraction of sp³-hybridized carbons (Fsp3) is 1.00. The van der Waals surface area contributed by atoms with Gasteiger partial charge >= 0.3 is 0 Å². The maximum atomic E-state index is 6.03. The fourth-order valence-corrected chi connectivity index (χ4v) is 3.65. The standard InChI is InChI=1S/C12H21NO3/c1-4-14-7-12-8-15-10(2)5-6-11(3,13(10)12)16-9-12/h4-9H2,1-3H3. The van der Waals surface area contributed by atoms with Crippen molar-refractivity contribution in [2.45, 2.75) is 50.6 Å². The molecule has 0 saturated carbocycles. The Morgan fingerprint density at radius 2 is 1.69 bits per heavy atom. The van der Waals surface area contributed by atoms with Crippen molar-refractivity contribution in [3.8, 4) is 0 Å². The first-order chi connectivity index (χ1) is 7.55. The predicted molar refractivity (Wildman–Crippen MR) is 59.0 cm³/mol. The molecule has 0 aromatic rings. The highest BCUT2D eigenvalue weighted by atomic mass is 16.6. The van der Waals surface area contributed by atoms with E-state index in [9.17, 15) is 0 Å². The van der Waals surface area contributed by atoms with Crippen LogP contribution in [0.15, 0.2) is 0 Å². The molecule has 2 unspecified atom stereocenters. The zero-order valence-electron chi connectivity index (χ0n) is 10.4. The molecule has 2 atom stereocenters. The van der Waals surface area contributed by atoms with Crippen LogP contribution in [0.5, 0.6) is 0 Å². The van der Waals surface area contributed by atoms with Crippen molar-refractivity contribution in [3.63, 3.8) is 0 Å². The molecule has 0 spiro atoms. The van der Waals surface area contributed by atoms with Gasteiger partial charge in [-0.2, -0.15) is 0 Å². The van der Waals surface area contributed by atoms with E-state index < -0.39 is 0 Å². The largest absolute Gasteiger partial charge is 0.380 e. The highest BCUT2D eigenvalue weighted by Gasteiger charge is 2.68. The average molecular weight is 227 g/mol. The lowest BCUT2D eigenvalue weighted by Crippen LogP contribution is -2.56. The lowest BCUT2D eigenvalue weighted by atomic mass is 10.0. The minimum Gasteiger partial charge on any atom is -0.380 e. The van der Waals surface area contributed by atoms with Crippen LogP contribution in [0.1, 0.15) is 33.6 Å². The molecule has 0 aromatic carbocycles. The van der Waals surface area contributed by atoms with E-state index in [4.69, 9.17) is 14.2 Å². The summed E-state index contributed by atoms with van der Waals surface area (Å²) in [6, 6.07) is 0. The second-order valence-corrected chi connectivity index (χ2v) is 5.62. The molecule has 3 fully saturated rings. The van der Waals surface area contributed by atoms with Crippen molar-refractivity contribution in [2.75, 3.05) is 26.4 Å². The van der Waals surface area contributed by atoms with Crippen molar-refractivity contribution in [2.24, 2.45) is 0 Å². The lowest BCUT2D eigenvalue weighted by molar-refractivity contribution is -0.126. The van der Waals surface area contributed by atoms with Crippen LogP contribution < -0.4 is 0 Å². The van der Waals surface area contributed by atoms with Gasteiger partial charge in [0, 0.05) is 6.61 Å². The SMILES string of the molecule is CCOCC12COC3(C)CCC(C)(OC1)N23.